The fourth-order valence-electron chi connectivity index (χ4n) is 0. The van der Waals surface area contributed by atoms with Crippen molar-refractivity contribution in [3.63, 3.8) is 0 Å². The molecule has 0 radical (unpaired) electrons. The zero-order valence-electron chi connectivity index (χ0n) is 3.46. The molecule has 0 aromatic rings. The predicted molar refractivity (Wildman–Crippen MR) is 21.0 cm³/mol. The largest absolute Gasteiger partial charge is 0.124 e. The van der Waals surface area contributed by atoms with Crippen LogP contribution in [-0.2, 0) is 21.7 Å². The van der Waals surface area contributed by atoms with Crippen molar-refractivity contribution in [2.24, 2.45) is 0 Å². The first-order valence-corrected chi connectivity index (χ1v) is 1.81. The van der Waals surface area contributed by atoms with Gasteiger partial charge in [-0.05, 0) is 13.8 Å². The van der Waals surface area contributed by atoms with E-state index in [1.54, 1.807) is 0 Å². The quantitative estimate of drug-likeness (QED) is 0.342. The average molecular weight is 126 g/mol. The van der Waals surface area contributed by atoms with Gasteiger partial charge < -0.3 is 0 Å². The second kappa shape index (κ2) is 5.00. The van der Waals surface area contributed by atoms with Gasteiger partial charge in [0, 0.05) is 27.1 Å². The predicted octanol–water partition coefficient (Wildman–Crippen LogP) is 1.63. The van der Waals surface area contributed by atoms with Gasteiger partial charge in [0.2, 0.25) is 0 Å². The van der Waals surface area contributed by atoms with Crippen molar-refractivity contribution in [1.29, 1.82) is 0 Å². The van der Waals surface area contributed by atoms with E-state index in [1.165, 1.54) is 0 Å². The molecule has 2 heteroatoms. The van der Waals surface area contributed by atoms with Gasteiger partial charge in [-0.1, -0.05) is 0 Å². The minimum absolute atomic E-state index is 0. The molecule has 0 aliphatic heterocycles. The van der Waals surface area contributed by atoms with Gasteiger partial charge in [-0.25, -0.2) is 0 Å². The Morgan fingerprint density at radius 1 is 1.40 bits per heavy atom. The number of rotatable bonds is 0. The molecule has 0 nitrogen and oxygen atoms in total. The topological polar surface area (TPSA) is 0 Å². The summed E-state index contributed by atoms with van der Waals surface area (Å²) >= 11 is 5.27. The van der Waals surface area contributed by atoms with E-state index in [9.17, 15) is 0 Å². The van der Waals surface area contributed by atoms with E-state index in [-0.39, 0.29) is 21.7 Å². The molecule has 5 heavy (non-hydrogen) atoms. The molecular formula is C3H7ClTi. The Bertz CT molecular complexity index is 11.6. The SMILES string of the molecule is CC(C)Cl.[Ti]. The van der Waals surface area contributed by atoms with Crippen LogP contribution < -0.4 is 0 Å². The smallest absolute Gasteiger partial charge is 0.0279 e. The summed E-state index contributed by atoms with van der Waals surface area (Å²) in [7, 11) is 0. The maximum Gasteiger partial charge on any atom is 0.0279 e. The number of alkyl halides is 1. The monoisotopic (exact) mass is 126 g/mol. The van der Waals surface area contributed by atoms with Gasteiger partial charge in [0.1, 0.15) is 0 Å². The van der Waals surface area contributed by atoms with E-state index in [1.807, 2.05) is 13.8 Å². The van der Waals surface area contributed by atoms with Gasteiger partial charge in [0.25, 0.3) is 0 Å². The summed E-state index contributed by atoms with van der Waals surface area (Å²) in [6, 6.07) is 0. The van der Waals surface area contributed by atoms with Gasteiger partial charge in [-0.3, -0.25) is 0 Å². The molecule has 0 unspecified atom stereocenters. The Labute approximate surface area is 52.8 Å². The summed E-state index contributed by atoms with van der Waals surface area (Å²) in [5.74, 6) is 0. The molecule has 0 N–H and O–H groups in total. The molecule has 0 rings (SSSR count). The fraction of sp³-hybridized carbons (Fsp3) is 1.00. The maximum atomic E-state index is 5.27. The van der Waals surface area contributed by atoms with E-state index in [0.29, 0.717) is 5.38 Å². The van der Waals surface area contributed by atoms with Crippen molar-refractivity contribution in [3.8, 4) is 0 Å². The first kappa shape index (κ1) is 9.38. The molecule has 0 aliphatic rings. The minimum Gasteiger partial charge on any atom is -0.124 e. The molecule has 0 amide bonds. The zero-order valence-corrected chi connectivity index (χ0v) is 5.77. The third-order valence-electron chi connectivity index (χ3n) is 0. The molecule has 0 bridgehead atoms. The number of hydrogen-bond donors (Lipinski definition) is 0. The molecule has 30 valence electrons. The summed E-state index contributed by atoms with van der Waals surface area (Å²) in [4.78, 5) is 0. The van der Waals surface area contributed by atoms with Crippen LogP contribution in [0.1, 0.15) is 13.8 Å². The fourth-order valence-corrected chi connectivity index (χ4v) is 0. The van der Waals surface area contributed by atoms with Crippen LogP contribution in [0.3, 0.4) is 0 Å². The van der Waals surface area contributed by atoms with Crippen molar-refractivity contribution in [3.05, 3.63) is 0 Å². The normalized spacial score (nSPS) is 7.20. The maximum absolute atomic E-state index is 5.27. The van der Waals surface area contributed by atoms with Gasteiger partial charge in [-0.2, -0.15) is 0 Å². The Hall–Kier alpha value is 1.00. The van der Waals surface area contributed by atoms with Crippen molar-refractivity contribution < 1.29 is 21.7 Å². The van der Waals surface area contributed by atoms with E-state index in [2.05, 4.69) is 0 Å². The van der Waals surface area contributed by atoms with Crippen LogP contribution in [0.25, 0.3) is 0 Å². The molecule has 0 fully saturated rings. The molecule has 0 aromatic carbocycles. The van der Waals surface area contributed by atoms with Crippen LogP contribution in [0.4, 0.5) is 0 Å². The molecule has 0 aromatic heterocycles. The summed E-state index contributed by atoms with van der Waals surface area (Å²) in [6.45, 7) is 3.86. The van der Waals surface area contributed by atoms with Crippen LogP contribution in [0.5, 0.6) is 0 Å². The summed E-state index contributed by atoms with van der Waals surface area (Å²) < 4.78 is 0. The van der Waals surface area contributed by atoms with E-state index in [4.69, 9.17) is 11.6 Å². The molecule has 0 saturated carbocycles. The Kier molecular flexibility index (Phi) is 9.39. The van der Waals surface area contributed by atoms with Gasteiger partial charge in [0.05, 0.1) is 0 Å². The van der Waals surface area contributed by atoms with Crippen molar-refractivity contribution in [2.45, 2.75) is 19.2 Å². The first-order chi connectivity index (χ1) is 1.73. The molecule has 0 aliphatic carbocycles. The van der Waals surface area contributed by atoms with E-state index < -0.39 is 0 Å². The molecule has 0 spiro atoms. The van der Waals surface area contributed by atoms with Gasteiger partial charge in [0.15, 0.2) is 0 Å². The van der Waals surface area contributed by atoms with Crippen LogP contribution in [0.2, 0.25) is 0 Å². The number of halogens is 1. The molecule has 0 heterocycles. The van der Waals surface area contributed by atoms with Crippen LogP contribution in [-0.4, -0.2) is 5.38 Å². The third kappa shape index (κ3) is 44.8. The van der Waals surface area contributed by atoms with Crippen LogP contribution >= 0.6 is 11.6 Å². The molecule has 0 atom stereocenters. The number of hydrogen-bond acceptors (Lipinski definition) is 0. The first-order valence-electron chi connectivity index (χ1n) is 1.37. The van der Waals surface area contributed by atoms with Crippen molar-refractivity contribution >= 4 is 11.6 Å². The second-order valence-electron chi connectivity index (χ2n) is 1.01. The van der Waals surface area contributed by atoms with Gasteiger partial charge in [-0.15, -0.1) is 11.6 Å². The Morgan fingerprint density at radius 3 is 1.40 bits per heavy atom. The summed E-state index contributed by atoms with van der Waals surface area (Å²) in [5, 5.41) is 0.306. The molecular weight excluding hydrogens is 119 g/mol. The van der Waals surface area contributed by atoms with Crippen LogP contribution in [0.15, 0.2) is 0 Å². The average Bonchev–Trinajstić information content (AvgIpc) is 0.811. The Morgan fingerprint density at radius 2 is 1.40 bits per heavy atom. The van der Waals surface area contributed by atoms with Gasteiger partial charge >= 0.3 is 0 Å². The standard InChI is InChI=1S/C3H7Cl.Ti/c1-3(2)4;/h3H,1-2H3;. The van der Waals surface area contributed by atoms with E-state index >= 15 is 0 Å². The summed E-state index contributed by atoms with van der Waals surface area (Å²) in [6.07, 6.45) is 0. The molecule has 0 saturated heterocycles. The van der Waals surface area contributed by atoms with Crippen molar-refractivity contribution in [1.82, 2.24) is 0 Å². The second-order valence-corrected chi connectivity index (χ2v) is 1.89. The Balaban J connectivity index is 0. The third-order valence-corrected chi connectivity index (χ3v) is 0. The van der Waals surface area contributed by atoms with Crippen LogP contribution in [0, 0.1) is 0 Å². The minimum atomic E-state index is 0. The van der Waals surface area contributed by atoms with Crippen molar-refractivity contribution in [2.75, 3.05) is 0 Å². The van der Waals surface area contributed by atoms with E-state index in [0.717, 1.165) is 0 Å². The summed E-state index contributed by atoms with van der Waals surface area (Å²) in [5.41, 5.74) is 0. The zero-order chi connectivity index (χ0) is 3.58.